The summed E-state index contributed by atoms with van der Waals surface area (Å²) in [5, 5.41) is 0.316. The molecule has 20 heavy (non-hydrogen) atoms. The molecule has 0 saturated carbocycles. The van der Waals surface area contributed by atoms with Gasteiger partial charge in [0.25, 0.3) is 0 Å². The number of sulfonamides is 1. The van der Waals surface area contributed by atoms with Gasteiger partial charge in [-0.15, -0.1) is 0 Å². The van der Waals surface area contributed by atoms with Crippen LogP contribution in [-0.2, 0) is 14.8 Å². The van der Waals surface area contributed by atoms with E-state index in [1.807, 2.05) is 0 Å². The molecule has 0 spiro atoms. The van der Waals surface area contributed by atoms with Crippen LogP contribution in [0, 0.1) is 0 Å². The van der Waals surface area contributed by atoms with Crippen LogP contribution in [0.25, 0.3) is 0 Å². The van der Waals surface area contributed by atoms with Crippen LogP contribution in [-0.4, -0.2) is 34.8 Å². The molecule has 1 saturated heterocycles. The fraction of sp³-hybridized carbons (Fsp3) is 0.500. The van der Waals surface area contributed by atoms with Crippen molar-refractivity contribution in [3.63, 3.8) is 0 Å². The van der Waals surface area contributed by atoms with E-state index in [1.54, 1.807) is 0 Å². The third kappa shape index (κ3) is 3.38. The Morgan fingerprint density at radius 1 is 1.45 bits per heavy atom. The lowest BCUT2D eigenvalue weighted by Crippen LogP contribution is -2.32. The van der Waals surface area contributed by atoms with Gasteiger partial charge in [0.1, 0.15) is 9.92 Å². The number of rotatable bonds is 5. The average Bonchev–Trinajstić information content (AvgIpc) is 2.92. The molecule has 1 aromatic carbocycles. The molecule has 2 rings (SSSR count). The van der Waals surface area contributed by atoms with E-state index >= 15 is 0 Å². The lowest BCUT2D eigenvalue weighted by molar-refractivity contribution is 0.114. The molecule has 1 N–H and O–H groups in total. The highest BCUT2D eigenvalue weighted by Gasteiger charge is 2.25. The number of ether oxygens (including phenoxy) is 2. The number of halogens is 2. The van der Waals surface area contributed by atoms with E-state index < -0.39 is 10.0 Å². The zero-order chi connectivity index (χ0) is 14.8. The van der Waals surface area contributed by atoms with E-state index in [-0.39, 0.29) is 33.3 Å². The fourth-order valence-electron chi connectivity index (χ4n) is 2.00. The van der Waals surface area contributed by atoms with Crippen molar-refractivity contribution in [3.8, 4) is 5.75 Å². The van der Waals surface area contributed by atoms with Gasteiger partial charge in [0.15, 0.2) is 5.75 Å². The van der Waals surface area contributed by atoms with Gasteiger partial charge in [-0.2, -0.15) is 0 Å². The summed E-state index contributed by atoms with van der Waals surface area (Å²) in [5.41, 5.74) is 0. The first-order chi connectivity index (χ1) is 9.45. The average molecular weight is 340 g/mol. The summed E-state index contributed by atoms with van der Waals surface area (Å²) >= 11 is 11.8. The maximum atomic E-state index is 12.3. The summed E-state index contributed by atoms with van der Waals surface area (Å²) < 4.78 is 37.5. The monoisotopic (exact) mass is 339 g/mol. The van der Waals surface area contributed by atoms with Crippen molar-refractivity contribution in [1.82, 2.24) is 4.72 Å². The molecule has 0 aromatic heterocycles. The minimum Gasteiger partial charge on any atom is -0.494 e. The number of nitrogens with one attached hydrogen (secondary N) is 1. The van der Waals surface area contributed by atoms with E-state index in [4.69, 9.17) is 32.7 Å². The van der Waals surface area contributed by atoms with Crippen molar-refractivity contribution in [3.05, 3.63) is 22.2 Å². The summed E-state index contributed by atoms with van der Waals surface area (Å²) in [6, 6.07) is 2.79. The van der Waals surface area contributed by atoms with E-state index in [9.17, 15) is 8.42 Å². The standard InChI is InChI=1S/C12H15Cl2NO4S/c1-18-12-10(5-4-9(13)11(12)14)20(16,17)15-7-8-3-2-6-19-8/h4-5,8,15H,2-3,6-7H2,1H3. The van der Waals surface area contributed by atoms with Crippen molar-refractivity contribution < 1.29 is 17.9 Å². The first-order valence-electron chi connectivity index (χ1n) is 6.09. The molecular formula is C12H15Cl2NO4S. The van der Waals surface area contributed by atoms with Gasteiger partial charge in [-0.3, -0.25) is 0 Å². The highest BCUT2D eigenvalue weighted by atomic mass is 35.5. The molecule has 112 valence electrons. The van der Waals surface area contributed by atoms with Gasteiger partial charge in [-0.25, -0.2) is 13.1 Å². The van der Waals surface area contributed by atoms with Gasteiger partial charge in [-0.05, 0) is 25.0 Å². The van der Waals surface area contributed by atoms with Crippen LogP contribution in [0.5, 0.6) is 5.75 Å². The van der Waals surface area contributed by atoms with E-state index in [2.05, 4.69) is 4.72 Å². The number of hydrogen-bond acceptors (Lipinski definition) is 4. The zero-order valence-electron chi connectivity index (χ0n) is 10.9. The highest BCUT2D eigenvalue weighted by Crippen LogP contribution is 2.37. The third-order valence-corrected chi connectivity index (χ3v) is 5.27. The molecule has 0 bridgehead atoms. The Hall–Kier alpha value is -0.530. The van der Waals surface area contributed by atoms with Crippen LogP contribution in [0.15, 0.2) is 17.0 Å². The smallest absolute Gasteiger partial charge is 0.244 e. The Labute approximate surface area is 128 Å². The summed E-state index contributed by atoms with van der Waals surface area (Å²) in [6.45, 7) is 0.897. The van der Waals surface area contributed by atoms with Crippen LogP contribution >= 0.6 is 23.2 Å². The number of benzene rings is 1. The Bertz CT molecular complexity index is 585. The Balaban J connectivity index is 2.22. The molecule has 5 nitrogen and oxygen atoms in total. The van der Waals surface area contributed by atoms with Crippen LogP contribution < -0.4 is 9.46 Å². The molecule has 1 fully saturated rings. The van der Waals surface area contributed by atoms with Crippen molar-refractivity contribution >= 4 is 33.2 Å². The number of methoxy groups -OCH3 is 1. The first kappa shape index (κ1) is 15.9. The first-order valence-corrected chi connectivity index (χ1v) is 8.33. The number of hydrogen-bond donors (Lipinski definition) is 1. The second kappa shape index (κ2) is 6.49. The molecule has 0 radical (unpaired) electrons. The van der Waals surface area contributed by atoms with Crippen LogP contribution in [0.4, 0.5) is 0 Å². The van der Waals surface area contributed by atoms with Crippen LogP contribution in [0.3, 0.4) is 0 Å². The molecule has 1 aromatic rings. The normalized spacial score (nSPS) is 19.2. The maximum Gasteiger partial charge on any atom is 0.244 e. The summed E-state index contributed by atoms with van der Waals surface area (Å²) in [7, 11) is -2.38. The topological polar surface area (TPSA) is 64.6 Å². The van der Waals surface area contributed by atoms with E-state index in [1.165, 1.54) is 19.2 Å². The predicted octanol–water partition coefficient (Wildman–Crippen LogP) is 2.46. The van der Waals surface area contributed by atoms with Crippen molar-refractivity contribution in [2.24, 2.45) is 0 Å². The van der Waals surface area contributed by atoms with Crippen molar-refractivity contribution in [2.45, 2.75) is 23.8 Å². The lowest BCUT2D eigenvalue weighted by Gasteiger charge is -2.14. The summed E-state index contributed by atoms with van der Waals surface area (Å²) in [6.07, 6.45) is 1.71. The minimum absolute atomic E-state index is 0.0348. The molecule has 1 atom stereocenters. The summed E-state index contributed by atoms with van der Waals surface area (Å²) in [5.74, 6) is 0.0407. The molecule has 0 aliphatic carbocycles. The summed E-state index contributed by atoms with van der Waals surface area (Å²) in [4.78, 5) is -0.0348. The molecule has 1 heterocycles. The highest BCUT2D eigenvalue weighted by molar-refractivity contribution is 7.89. The lowest BCUT2D eigenvalue weighted by atomic mass is 10.2. The van der Waals surface area contributed by atoms with Gasteiger partial charge in [0.2, 0.25) is 10.0 Å². The van der Waals surface area contributed by atoms with Crippen LogP contribution in [0.2, 0.25) is 10.0 Å². The van der Waals surface area contributed by atoms with Gasteiger partial charge in [0.05, 0.1) is 18.2 Å². The maximum absolute atomic E-state index is 12.3. The Kier molecular flexibility index (Phi) is 5.14. The van der Waals surface area contributed by atoms with Crippen molar-refractivity contribution in [1.29, 1.82) is 0 Å². The van der Waals surface area contributed by atoms with Gasteiger partial charge in [0, 0.05) is 13.2 Å². The second-order valence-electron chi connectivity index (χ2n) is 4.38. The molecule has 0 amide bonds. The van der Waals surface area contributed by atoms with E-state index in [0.29, 0.717) is 6.61 Å². The van der Waals surface area contributed by atoms with Gasteiger partial charge >= 0.3 is 0 Å². The van der Waals surface area contributed by atoms with Crippen LogP contribution in [0.1, 0.15) is 12.8 Å². The van der Waals surface area contributed by atoms with Crippen molar-refractivity contribution in [2.75, 3.05) is 20.3 Å². The zero-order valence-corrected chi connectivity index (χ0v) is 13.2. The van der Waals surface area contributed by atoms with Gasteiger partial charge < -0.3 is 9.47 Å². The largest absolute Gasteiger partial charge is 0.494 e. The molecule has 1 aliphatic rings. The molecule has 8 heteroatoms. The SMILES string of the molecule is COc1c(S(=O)(=O)NCC2CCCO2)ccc(Cl)c1Cl. The Morgan fingerprint density at radius 2 is 2.20 bits per heavy atom. The molecule has 1 unspecified atom stereocenters. The van der Waals surface area contributed by atoms with Gasteiger partial charge in [-0.1, -0.05) is 23.2 Å². The quantitative estimate of drug-likeness (QED) is 0.894. The van der Waals surface area contributed by atoms with E-state index in [0.717, 1.165) is 12.8 Å². The third-order valence-electron chi connectivity index (χ3n) is 3.03. The minimum atomic E-state index is -3.73. The Morgan fingerprint density at radius 3 is 2.80 bits per heavy atom. The molecular weight excluding hydrogens is 325 g/mol. The molecule has 1 aliphatic heterocycles. The fourth-order valence-corrected chi connectivity index (χ4v) is 3.69. The predicted molar refractivity (Wildman–Crippen MR) is 77.2 cm³/mol. The second-order valence-corrected chi connectivity index (χ2v) is 6.90.